The molecular weight excluding hydrogens is 443 g/mol. The van der Waals surface area contributed by atoms with Crippen molar-refractivity contribution in [1.29, 1.82) is 0 Å². The summed E-state index contributed by atoms with van der Waals surface area (Å²) in [5, 5.41) is 3.58. The van der Waals surface area contributed by atoms with Crippen LogP contribution in [0.4, 0.5) is 24.0 Å². The second-order valence-corrected chi connectivity index (χ2v) is 8.34. The van der Waals surface area contributed by atoms with Crippen molar-refractivity contribution in [2.75, 3.05) is 36.5 Å². The van der Waals surface area contributed by atoms with Crippen LogP contribution in [0.2, 0.25) is 0 Å². The highest BCUT2D eigenvalue weighted by molar-refractivity contribution is 7.22. The molecule has 7 nitrogen and oxygen atoms in total. The summed E-state index contributed by atoms with van der Waals surface area (Å²) < 4.78 is 47.5. The number of hydrogen-bond acceptors (Lipinski definition) is 6. The monoisotopic (exact) mass is 461 g/mol. The van der Waals surface area contributed by atoms with E-state index in [9.17, 15) is 18.0 Å². The Labute approximate surface area is 184 Å². The van der Waals surface area contributed by atoms with E-state index in [1.54, 1.807) is 30.3 Å². The molecule has 0 unspecified atom stereocenters. The topological polar surface area (TPSA) is 72.3 Å². The van der Waals surface area contributed by atoms with Crippen LogP contribution >= 0.6 is 11.3 Å². The van der Waals surface area contributed by atoms with Crippen molar-refractivity contribution >= 4 is 49.3 Å². The van der Waals surface area contributed by atoms with Gasteiger partial charge in [0.2, 0.25) is 11.7 Å². The van der Waals surface area contributed by atoms with Gasteiger partial charge in [0.1, 0.15) is 6.54 Å². The predicted molar refractivity (Wildman–Crippen MR) is 116 cm³/mol. The van der Waals surface area contributed by atoms with Crippen molar-refractivity contribution in [3.8, 4) is 0 Å². The zero-order valence-corrected chi connectivity index (χ0v) is 17.5. The lowest BCUT2D eigenvalue weighted by atomic mass is 10.3. The maximum Gasteiger partial charge on any atom is 0.449 e. The molecule has 2 aromatic carbocycles. The predicted octanol–water partition coefficient (Wildman–Crippen LogP) is 4.14. The van der Waals surface area contributed by atoms with E-state index in [-0.39, 0.29) is 11.0 Å². The van der Waals surface area contributed by atoms with Gasteiger partial charge in [0, 0.05) is 18.8 Å². The number of hydrogen-bond donors (Lipinski definition) is 1. The molecule has 0 atom stereocenters. The molecule has 1 fully saturated rings. The molecule has 0 spiro atoms. The molecule has 1 saturated heterocycles. The normalized spacial score (nSPS) is 14.9. The van der Waals surface area contributed by atoms with Crippen LogP contribution < -0.4 is 10.2 Å². The largest absolute Gasteiger partial charge is 0.449 e. The van der Waals surface area contributed by atoms with Gasteiger partial charge in [-0.05, 0) is 30.3 Å². The minimum absolute atomic E-state index is 0.189. The van der Waals surface area contributed by atoms with Crippen LogP contribution in [-0.4, -0.2) is 46.7 Å². The van der Waals surface area contributed by atoms with E-state index in [0.717, 1.165) is 33.0 Å². The molecule has 4 aromatic rings. The lowest BCUT2D eigenvalue weighted by Crippen LogP contribution is -2.36. The molecule has 11 heteroatoms. The Morgan fingerprint density at radius 2 is 1.88 bits per heavy atom. The van der Waals surface area contributed by atoms with Crippen LogP contribution in [0.15, 0.2) is 42.5 Å². The number of aromatic nitrogens is 3. The van der Waals surface area contributed by atoms with E-state index in [0.29, 0.717) is 18.9 Å². The number of ether oxygens (including phenoxy) is 1. The first-order valence-corrected chi connectivity index (χ1v) is 10.8. The Balaban J connectivity index is 1.37. The third-order valence-electron chi connectivity index (χ3n) is 5.15. The third-order valence-corrected chi connectivity index (χ3v) is 6.23. The summed E-state index contributed by atoms with van der Waals surface area (Å²) in [6.07, 6.45) is -4.67. The number of nitrogens with one attached hydrogen (secondary N) is 1. The van der Waals surface area contributed by atoms with Crippen LogP contribution in [0.1, 0.15) is 5.82 Å². The van der Waals surface area contributed by atoms with Crippen LogP contribution in [0, 0.1) is 0 Å². The number of amides is 1. The average molecular weight is 461 g/mol. The Morgan fingerprint density at radius 1 is 1.09 bits per heavy atom. The maximum atomic E-state index is 13.5. The Kier molecular flexibility index (Phi) is 5.22. The highest BCUT2D eigenvalue weighted by Gasteiger charge is 2.38. The molecule has 0 aliphatic carbocycles. The van der Waals surface area contributed by atoms with Crippen molar-refractivity contribution in [3.05, 3.63) is 48.3 Å². The van der Waals surface area contributed by atoms with E-state index < -0.39 is 24.5 Å². The summed E-state index contributed by atoms with van der Waals surface area (Å²) in [5.41, 5.74) is 1.74. The van der Waals surface area contributed by atoms with Crippen molar-refractivity contribution in [2.45, 2.75) is 12.7 Å². The number of carbonyl (C=O) groups excluding carboxylic acids is 1. The van der Waals surface area contributed by atoms with Gasteiger partial charge in [0.15, 0.2) is 5.13 Å². The zero-order valence-electron chi connectivity index (χ0n) is 16.7. The molecule has 1 aliphatic heterocycles. The van der Waals surface area contributed by atoms with E-state index in [1.165, 1.54) is 23.5 Å². The first-order valence-electron chi connectivity index (χ1n) is 9.94. The first kappa shape index (κ1) is 20.7. The highest BCUT2D eigenvalue weighted by atomic mass is 32.1. The fourth-order valence-electron chi connectivity index (χ4n) is 3.68. The smallest absolute Gasteiger partial charge is 0.378 e. The van der Waals surface area contributed by atoms with Gasteiger partial charge in [-0.1, -0.05) is 23.5 Å². The number of benzene rings is 2. The van der Waals surface area contributed by atoms with E-state index in [2.05, 4.69) is 20.2 Å². The number of halogens is 3. The number of fused-ring (bicyclic) bond motifs is 2. The van der Waals surface area contributed by atoms with Crippen LogP contribution in [0.25, 0.3) is 21.3 Å². The Bertz CT molecular complexity index is 1290. The number of alkyl halides is 3. The van der Waals surface area contributed by atoms with Gasteiger partial charge in [-0.25, -0.2) is 9.97 Å². The number of rotatable bonds is 4. The van der Waals surface area contributed by atoms with Crippen molar-refractivity contribution in [2.24, 2.45) is 0 Å². The number of imidazole rings is 1. The summed E-state index contributed by atoms with van der Waals surface area (Å²) in [4.78, 5) is 23.1. The summed E-state index contributed by atoms with van der Waals surface area (Å²) >= 11 is 1.50. The molecule has 32 heavy (non-hydrogen) atoms. The lowest BCUT2D eigenvalue weighted by Gasteiger charge is -2.25. The molecule has 1 aliphatic rings. The van der Waals surface area contributed by atoms with Gasteiger partial charge in [0.05, 0.1) is 34.5 Å². The fourth-order valence-corrected chi connectivity index (χ4v) is 4.73. The van der Waals surface area contributed by atoms with Gasteiger partial charge >= 0.3 is 6.18 Å². The van der Waals surface area contributed by atoms with Crippen molar-refractivity contribution in [1.82, 2.24) is 14.5 Å². The standard InChI is InChI=1S/C21H18F3N5O2S/c22-21(23,24)19-26-14-3-1-2-4-16(14)29(19)12-18(30)25-13-5-6-15-17(11-13)32-20(27-15)28-7-9-31-10-8-28/h1-6,11H,7-10,12H2,(H,25,30). The van der Waals surface area contributed by atoms with Gasteiger partial charge in [-0.15, -0.1) is 0 Å². The second kappa shape index (κ2) is 8.06. The summed E-state index contributed by atoms with van der Waals surface area (Å²) in [6.45, 7) is 2.34. The van der Waals surface area contributed by atoms with Crippen LogP contribution in [-0.2, 0) is 22.3 Å². The lowest BCUT2D eigenvalue weighted by molar-refractivity contribution is -0.147. The van der Waals surface area contributed by atoms with E-state index in [4.69, 9.17) is 4.74 Å². The van der Waals surface area contributed by atoms with Gasteiger partial charge < -0.3 is 19.5 Å². The molecule has 1 amide bonds. The summed E-state index contributed by atoms with van der Waals surface area (Å²) in [5.74, 6) is -1.67. The quantitative estimate of drug-likeness (QED) is 0.495. The summed E-state index contributed by atoms with van der Waals surface area (Å²) in [6, 6.07) is 11.5. The van der Waals surface area contributed by atoms with Crippen LogP contribution in [0.3, 0.4) is 0 Å². The average Bonchev–Trinajstić information content (AvgIpc) is 3.36. The summed E-state index contributed by atoms with van der Waals surface area (Å²) in [7, 11) is 0. The van der Waals surface area contributed by atoms with Crippen molar-refractivity contribution in [3.63, 3.8) is 0 Å². The number of nitrogens with zero attached hydrogens (tertiary/aromatic N) is 4. The molecule has 1 N–H and O–H groups in total. The maximum absolute atomic E-state index is 13.5. The minimum Gasteiger partial charge on any atom is -0.378 e. The SMILES string of the molecule is O=C(Cn1c(C(F)(F)F)nc2ccccc21)Nc1ccc2nc(N3CCOCC3)sc2c1. The number of carbonyl (C=O) groups is 1. The van der Waals surface area contributed by atoms with Gasteiger partial charge in [-0.3, -0.25) is 4.79 Å². The van der Waals surface area contributed by atoms with Crippen LogP contribution in [0.5, 0.6) is 0 Å². The molecule has 0 radical (unpaired) electrons. The van der Waals surface area contributed by atoms with Gasteiger partial charge in [0.25, 0.3) is 0 Å². The first-order chi connectivity index (χ1) is 15.4. The van der Waals surface area contributed by atoms with E-state index in [1.807, 2.05) is 0 Å². The number of para-hydroxylation sites is 2. The molecular formula is C21H18F3N5O2S. The number of anilines is 2. The molecule has 2 aromatic heterocycles. The molecule has 0 saturated carbocycles. The zero-order chi connectivity index (χ0) is 22.3. The van der Waals surface area contributed by atoms with Gasteiger partial charge in [-0.2, -0.15) is 13.2 Å². The fraction of sp³-hybridized carbons (Fsp3) is 0.286. The third kappa shape index (κ3) is 4.00. The molecule has 3 heterocycles. The molecule has 5 rings (SSSR count). The Morgan fingerprint density at radius 3 is 2.66 bits per heavy atom. The minimum atomic E-state index is -4.67. The molecule has 0 bridgehead atoms. The molecule has 166 valence electrons. The highest BCUT2D eigenvalue weighted by Crippen LogP contribution is 2.33. The number of morpholine rings is 1. The Hall–Kier alpha value is -3.18. The van der Waals surface area contributed by atoms with E-state index >= 15 is 0 Å². The van der Waals surface area contributed by atoms with Crippen molar-refractivity contribution < 1.29 is 22.7 Å². The number of thiazole rings is 1. The second-order valence-electron chi connectivity index (χ2n) is 7.33.